The van der Waals surface area contributed by atoms with Gasteiger partial charge in [0.15, 0.2) is 5.79 Å². The third-order valence-electron chi connectivity index (χ3n) is 3.98. The van der Waals surface area contributed by atoms with E-state index in [0.29, 0.717) is 13.0 Å². The van der Waals surface area contributed by atoms with Crippen molar-refractivity contribution in [1.82, 2.24) is 0 Å². The van der Waals surface area contributed by atoms with Gasteiger partial charge in [0.1, 0.15) is 0 Å². The van der Waals surface area contributed by atoms with Gasteiger partial charge in [-0.2, -0.15) is 0 Å². The van der Waals surface area contributed by atoms with Crippen molar-refractivity contribution in [2.75, 3.05) is 6.61 Å². The predicted octanol–water partition coefficient (Wildman–Crippen LogP) is 4.33. The number of carboxylic acids is 1. The van der Waals surface area contributed by atoms with E-state index < -0.39 is 11.8 Å². The van der Waals surface area contributed by atoms with Crippen LogP contribution in [0.1, 0.15) is 51.2 Å². The minimum atomic E-state index is -0.737. The van der Waals surface area contributed by atoms with Crippen LogP contribution in [-0.2, 0) is 14.3 Å². The second kappa shape index (κ2) is 8.27. The minimum absolute atomic E-state index is 0.0172. The lowest BCUT2D eigenvalue weighted by Gasteiger charge is -2.41. The summed E-state index contributed by atoms with van der Waals surface area (Å²) in [4.78, 5) is 10.5. The zero-order valence-corrected chi connectivity index (χ0v) is 13.9. The van der Waals surface area contributed by atoms with E-state index in [-0.39, 0.29) is 18.4 Å². The highest BCUT2D eigenvalue weighted by Gasteiger charge is 2.36. The predicted molar refractivity (Wildman–Crippen MR) is 89.0 cm³/mol. The maximum absolute atomic E-state index is 10.5. The summed E-state index contributed by atoms with van der Waals surface area (Å²) in [6.07, 6.45) is 6.76. The summed E-state index contributed by atoms with van der Waals surface area (Å²) in [5.41, 5.74) is 1.17. The van der Waals surface area contributed by atoms with Crippen molar-refractivity contribution in [3.05, 3.63) is 48.0 Å². The van der Waals surface area contributed by atoms with Crippen LogP contribution in [0.2, 0.25) is 0 Å². The molecule has 23 heavy (non-hydrogen) atoms. The fourth-order valence-electron chi connectivity index (χ4n) is 2.77. The summed E-state index contributed by atoms with van der Waals surface area (Å²) >= 11 is 0. The molecule has 1 fully saturated rings. The molecule has 1 aromatic carbocycles. The number of ether oxygens (including phenoxy) is 2. The highest BCUT2D eigenvalue weighted by atomic mass is 16.7. The van der Waals surface area contributed by atoms with Crippen LogP contribution in [0.5, 0.6) is 0 Å². The first-order chi connectivity index (χ1) is 11.0. The first-order valence-corrected chi connectivity index (χ1v) is 8.21. The van der Waals surface area contributed by atoms with E-state index in [1.54, 1.807) is 0 Å². The number of rotatable bonds is 7. The summed E-state index contributed by atoms with van der Waals surface area (Å²) in [6.45, 7) is 4.55. The van der Waals surface area contributed by atoms with E-state index in [1.807, 2.05) is 32.0 Å². The van der Waals surface area contributed by atoms with Gasteiger partial charge in [-0.1, -0.05) is 42.5 Å². The summed E-state index contributed by atoms with van der Waals surface area (Å²) in [6, 6.07) is 10.2. The molecule has 1 aliphatic heterocycles. The van der Waals surface area contributed by atoms with Crippen LogP contribution in [0.15, 0.2) is 42.5 Å². The Hall–Kier alpha value is -1.65. The normalized spacial score (nSPS) is 23.9. The Kier molecular flexibility index (Phi) is 6.37. The van der Waals surface area contributed by atoms with Crippen molar-refractivity contribution < 1.29 is 19.4 Å². The molecule has 1 saturated heterocycles. The number of allylic oxidation sites excluding steroid dienone is 2. The number of benzene rings is 1. The third-order valence-corrected chi connectivity index (χ3v) is 3.98. The fourth-order valence-corrected chi connectivity index (χ4v) is 2.77. The Bertz CT molecular complexity index is 521. The van der Waals surface area contributed by atoms with Crippen LogP contribution >= 0.6 is 0 Å². The summed E-state index contributed by atoms with van der Waals surface area (Å²) in [5, 5.41) is 8.63. The maximum Gasteiger partial charge on any atom is 0.303 e. The van der Waals surface area contributed by atoms with Crippen LogP contribution in [0.4, 0.5) is 0 Å². The molecule has 0 amide bonds. The van der Waals surface area contributed by atoms with Crippen molar-refractivity contribution in [1.29, 1.82) is 0 Å². The Morgan fingerprint density at radius 3 is 2.74 bits per heavy atom. The average molecular weight is 318 g/mol. The highest BCUT2D eigenvalue weighted by molar-refractivity contribution is 5.66. The van der Waals surface area contributed by atoms with Gasteiger partial charge in [-0.3, -0.25) is 4.79 Å². The van der Waals surface area contributed by atoms with Gasteiger partial charge in [0.05, 0.1) is 12.7 Å². The quantitative estimate of drug-likeness (QED) is 0.600. The largest absolute Gasteiger partial charge is 0.481 e. The van der Waals surface area contributed by atoms with Gasteiger partial charge in [0.25, 0.3) is 0 Å². The zero-order valence-electron chi connectivity index (χ0n) is 13.9. The molecule has 2 rings (SSSR count). The summed E-state index contributed by atoms with van der Waals surface area (Å²) in [7, 11) is 0. The van der Waals surface area contributed by atoms with Crippen LogP contribution in [-0.4, -0.2) is 23.5 Å². The van der Waals surface area contributed by atoms with Crippen LogP contribution in [0.25, 0.3) is 0 Å². The smallest absolute Gasteiger partial charge is 0.303 e. The molecule has 2 unspecified atom stereocenters. The van der Waals surface area contributed by atoms with Crippen LogP contribution in [0, 0.1) is 5.92 Å². The number of carboxylic acid groups (broad SMARTS) is 1. The molecule has 1 aliphatic rings. The van der Waals surface area contributed by atoms with Crippen molar-refractivity contribution >= 4 is 5.97 Å². The topological polar surface area (TPSA) is 55.8 Å². The molecular weight excluding hydrogens is 292 g/mol. The highest BCUT2D eigenvalue weighted by Crippen LogP contribution is 2.38. The Morgan fingerprint density at radius 2 is 2.04 bits per heavy atom. The standard InChI is InChI=1S/C19H26O4/c1-19(2)22-14-16(12-6-3-4-9-13-17(20)21)18(23-19)15-10-7-5-8-11-15/h3,5-8,10-11,16,18H,4,9,12-14H2,1-2H3,(H,20,21)/b6-3-. The molecule has 0 saturated carbocycles. The van der Waals surface area contributed by atoms with Gasteiger partial charge in [-0.25, -0.2) is 0 Å². The molecule has 0 aromatic heterocycles. The monoisotopic (exact) mass is 318 g/mol. The fraction of sp³-hybridized carbons (Fsp3) is 0.526. The first-order valence-electron chi connectivity index (χ1n) is 8.21. The van der Waals surface area contributed by atoms with Gasteiger partial charge < -0.3 is 14.6 Å². The maximum atomic E-state index is 10.5. The first kappa shape index (κ1) is 17.7. The molecule has 1 heterocycles. The summed E-state index contributed by atoms with van der Waals surface area (Å²) < 4.78 is 12.0. The van der Waals surface area contributed by atoms with Crippen molar-refractivity contribution in [3.8, 4) is 0 Å². The van der Waals surface area contributed by atoms with Gasteiger partial charge in [0, 0.05) is 12.3 Å². The SMILES string of the molecule is CC1(C)OCC(C/C=C\CCCC(=O)O)C(c2ccccc2)O1. The van der Waals surface area contributed by atoms with E-state index >= 15 is 0 Å². The summed E-state index contributed by atoms with van der Waals surface area (Å²) in [5.74, 6) is -1.04. The van der Waals surface area contributed by atoms with E-state index in [9.17, 15) is 4.79 Å². The molecule has 4 heteroatoms. The molecule has 2 atom stereocenters. The molecule has 1 aromatic rings. The number of hydrogen-bond donors (Lipinski definition) is 1. The second-order valence-electron chi connectivity index (χ2n) is 6.41. The van der Waals surface area contributed by atoms with E-state index in [2.05, 4.69) is 24.3 Å². The van der Waals surface area contributed by atoms with Crippen molar-refractivity contribution in [2.45, 2.75) is 51.4 Å². The molecule has 4 nitrogen and oxygen atoms in total. The molecule has 0 aliphatic carbocycles. The van der Waals surface area contributed by atoms with Gasteiger partial charge in [-0.05, 0) is 38.7 Å². The molecule has 0 bridgehead atoms. The van der Waals surface area contributed by atoms with Gasteiger partial charge in [0.2, 0.25) is 0 Å². The van der Waals surface area contributed by atoms with Gasteiger partial charge >= 0.3 is 5.97 Å². The third kappa shape index (κ3) is 5.81. The second-order valence-corrected chi connectivity index (χ2v) is 6.41. The Balaban J connectivity index is 1.93. The van der Waals surface area contributed by atoms with E-state index in [1.165, 1.54) is 5.56 Å². The lowest BCUT2D eigenvalue weighted by atomic mass is 9.91. The lowest BCUT2D eigenvalue weighted by Crippen LogP contribution is -2.41. The molecule has 0 spiro atoms. The lowest BCUT2D eigenvalue weighted by molar-refractivity contribution is -0.295. The zero-order chi connectivity index (χ0) is 16.7. The molecule has 1 N–H and O–H groups in total. The minimum Gasteiger partial charge on any atom is -0.481 e. The number of unbranched alkanes of at least 4 members (excludes halogenated alkanes) is 1. The molecule has 0 radical (unpaired) electrons. The van der Waals surface area contributed by atoms with E-state index in [4.69, 9.17) is 14.6 Å². The van der Waals surface area contributed by atoms with E-state index in [0.717, 1.165) is 12.8 Å². The Morgan fingerprint density at radius 1 is 1.30 bits per heavy atom. The number of carbonyl (C=O) groups is 1. The van der Waals surface area contributed by atoms with Crippen LogP contribution < -0.4 is 0 Å². The van der Waals surface area contributed by atoms with Crippen LogP contribution in [0.3, 0.4) is 0 Å². The number of hydrogen-bond acceptors (Lipinski definition) is 3. The Labute approximate surface area is 138 Å². The van der Waals surface area contributed by atoms with Crippen molar-refractivity contribution in [2.24, 2.45) is 5.92 Å². The molecule has 126 valence electrons. The molecular formula is C19H26O4. The average Bonchev–Trinajstić information content (AvgIpc) is 2.52. The number of aliphatic carboxylic acids is 1. The van der Waals surface area contributed by atoms with Crippen molar-refractivity contribution in [3.63, 3.8) is 0 Å². The van der Waals surface area contributed by atoms with Gasteiger partial charge in [-0.15, -0.1) is 0 Å².